The number of aromatic nitrogens is 4. The molecule has 2 heterocycles. The van der Waals surface area contributed by atoms with Gasteiger partial charge in [0.05, 0.1) is 29.7 Å². The maximum Gasteiger partial charge on any atom is 0.345 e. The molecule has 0 aliphatic carbocycles. The molecule has 0 unspecified atom stereocenters. The van der Waals surface area contributed by atoms with E-state index >= 15 is 0 Å². The Morgan fingerprint density at radius 1 is 1.28 bits per heavy atom. The Kier molecular flexibility index (Phi) is 4.51. The fourth-order valence-corrected chi connectivity index (χ4v) is 2.53. The van der Waals surface area contributed by atoms with Crippen molar-refractivity contribution >= 4 is 17.0 Å². The summed E-state index contributed by atoms with van der Waals surface area (Å²) in [7, 11) is 0. The van der Waals surface area contributed by atoms with Crippen LogP contribution in [0.4, 0.5) is 0 Å². The molecule has 130 valence electrons. The number of hydrogen-bond donors (Lipinski definition) is 1. The fourth-order valence-electron chi connectivity index (χ4n) is 2.53. The molecule has 0 saturated heterocycles. The van der Waals surface area contributed by atoms with Crippen LogP contribution in [-0.4, -0.2) is 31.7 Å². The molecule has 8 nitrogen and oxygen atoms in total. The van der Waals surface area contributed by atoms with Gasteiger partial charge in [-0.2, -0.15) is 0 Å². The minimum Gasteiger partial charge on any atom is -0.462 e. The van der Waals surface area contributed by atoms with Crippen LogP contribution in [0.3, 0.4) is 0 Å². The lowest BCUT2D eigenvalue weighted by atomic mass is 10.2. The Balaban J connectivity index is 2.09. The van der Waals surface area contributed by atoms with Crippen LogP contribution in [0.5, 0.6) is 0 Å². The van der Waals surface area contributed by atoms with Crippen LogP contribution in [0.2, 0.25) is 0 Å². The summed E-state index contributed by atoms with van der Waals surface area (Å²) in [5.74, 6) is -0.756. The first kappa shape index (κ1) is 16.7. The number of nitrogens with zero attached hydrogens (tertiary/aromatic N) is 3. The number of imidazole rings is 1. The highest BCUT2D eigenvalue weighted by atomic mass is 16.5. The molecule has 0 aliphatic rings. The fraction of sp³-hybridized carbons (Fsp3) is 0.294. The highest BCUT2D eigenvalue weighted by Gasteiger charge is 2.15. The van der Waals surface area contributed by atoms with Crippen LogP contribution < -0.4 is 11.2 Å². The molecule has 0 radical (unpaired) electrons. The molecular formula is C17H18N4O4. The highest BCUT2D eigenvalue weighted by Crippen LogP contribution is 2.16. The molecule has 3 rings (SSSR count). The van der Waals surface area contributed by atoms with Gasteiger partial charge in [-0.25, -0.2) is 14.6 Å². The SMILES string of the molecule is CCCOC(=O)c1cn(-c2ccc3c(c2)ncn3CC)c(=O)[nH]c1=O. The second-order valence-electron chi connectivity index (χ2n) is 5.51. The van der Waals surface area contributed by atoms with Crippen molar-refractivity contribution in [2.45, 2.75) is 26.8 Å². The summed E-state index contributed by atoms with van der Waals surface area (Å²) in [6.07, 6.45) is 3.56. The van der Waals surface area contributed by atoms with Gasteiger partial charge >= 0.3 is 11.7 Å². The number of benzene rings is 1. The van der Waals surface area contributed by atoms with E-state index in [0.717, 1.165) is 12.1 Å². The standard InChI is InChI=1S/C17H18N4O4/c1-3-7-25-16(23)12-9-21(17(24)19-15(12)22)11-5-6-14-13(8-11)18-10-20(14)4-2/h5-6,8-10H,3-4,7H2,1-2H3,(H,19,22,24). The van der Waals surface area contributed by atoms with Crippen molar-refractivity contribution in [3.63, 3.8) is 0 Å². The number of aromatic amines is 1. The predicted octanol–water partition coefficient (Wildman–Crippen LogP) is 1.46. The smallest absolute Gasteiger partial charge is 0.345 e. The lowest BCUT2D eigenvalue weighted by Gasteiger charge is -2.08. The van der Waals surface area contributed by atoms with E-state index in [1.807, 2.05) is 24.5 Å². The second kappa shape index (κ2) is 6.76. The molecule has 1 aromatic carbocycles. The number of ether oxygens (including phenoxy) is 1. The molecule has 0 atom stereocenters. The summed E-state index contributed by atoms with van der Waals surface area (Å²) in [5.41, 5.74) is 0.538. The number of hydrogen-bond acceptors (Lipinski definition) is 5. The normalized spacial score (nSPS) is 11.0. The van der Waals surface area contributed by atoms with Gasteiger partial charge in [-0.15, -0.1) is 0 Å². The Morgan fingerprint density at radius 3 is 2.80 bits per heavy atom. The van der Waals surface area contributed by atoms with Gasteiger partial charge in [0.2, 0.25) is 0 Å². The van der Waals surface area contributed by atoms with E-state index in [0.29, 0.717) is 17.6 Å². The molecule has 0 fully saturated rings. The number of aryl methyl sites for hydroxylation is 1. The van der Waals surface area contributed by atoms with E-state index in [1.54, 1.807) is 18.5 Å². The minimum absolute atomic E-state index is 0.206. The Hall–Kier alpha value is -3.16. The molecule has 0 aliphatic heterocycles. The quantitative estimate of drug-likeness (QED) is 0.708. The van der Waals surface area contributed by atoms with Gasteiger partial charge in [0.25, 0.3) is 5.56 Å². The average Bonchev–Trinajstić information content (AvgIpc) is 3.02. The highest BCUT2D eigenvalue weighted by molar-refractivity contribution is 5.88. The number of carbonyl (C=O) groups excluding carboxylic acids is 1. The lowest BCUT2D eigenvalue weighted by Crippen LogP contribution is -2.33. The number of nitrogens with one attached hydrogen (secondary N) is 1. The molecule has 25 heavy (non-hydrogen) atoms. The first-order valence-electron chi connectivity index (χ1n) is 8.03. The number of esters is 1. The zero-order chi connectivity index (χ0) is 18.0. The first-order valence-corrected chi connectivity index (χ1v) is 8.03. The van der Waals surface area contributed by atoms with Crippen LogP contribution in [-0.2, 0) is 11.3 Å². The van der Waals surface area contributed by atoms with Gasteiger partial charge < -0.3 is 9.30 Å². The maximum absolute atomic E-state index is 12.2. The molecule has 0 amide bonds. The van der Waals surface area contributed by atoms with Crippen molar-refractivity contribution in [1.29, 1.82) is 0 Å². The van der Waals surface area contributed by atoms with Gasteiger partial charge in [-0.1, -0.05) is 6.92 Å². The molecule has 2 aromatic heterocycles. The van der Waals surface area contributed by atoms with Crippen LogP contribution >= 0.6 is 0 Å². The van der Waals surface area contributed by atoms with E-state index in [1.165, 1.54) is 10.8 Å². The zero-order valence-corrected chi connectivity index (χ0v) is 14.0. The minimum atomic E-state index is -0.765. The predicted molar refractivity (Wildman–Crippen MR) is 92.2 cm³/mol. The van der Waals surface area contributed by atoms with E-state index in [2.05, 4.69) is 9.97 Å². The molecule has 8 heteroatoms. The average molecular weight is 342 g/mol. The molecular weight excluding hydrogens is 324 g/mol. The van der Waals surface area contributed by atoms with Crippen molar-refractivity contribution in [2.75, 3.05) is 6.61 Å². The van der Waals surface area contributed by atoms with E-state index < -0.39 is 17.2 Å². The third kappa shape index (κ3) is 3.10. The van der Waals surface area contributed by atoms with Gasteiger partial charge in [-0.05, 0) is 31.5 Å². The number of H-pyrrole nitrogens is 1. The number of rotatable bonds is 5. The summed E-state index contributed by atoms with van der Waals surface area (Å²) in [5, 5.41) is 0. The molecule has 1 N–H and O–H groups in total. The largest absolute Gasteiger partial charge is 0.462 e. The summed E-state index contributed by atoms with van der Waals surface area (Å²) in [4.78, 5) is 42.5. The summed E-state index contributed by atoms with van der Waals surface area (Å²) in [6.45, 7) is 4.85. The molecule has 0 spiro atoms. The third-order valence-electron chi connectivity index (χ3n) is 3.82. The molecule has 3 aromatic rings. The van der Waals surface area contributed by atoms with Crippen LogP contribution in [0.1, 0.15) is 30.6 Å². The number of fused-ring (bicyclic) bond motifs is 1. The Labute approximate surface area is 142 Å². The van der Waals surface area contributed by atoms with Crippen molar-refractivity contribution in [3.05, 3.63) is 57.1 Å². The van der Waals surface area contributed by atoms with Gasteiger partial charge in [0, 0.05) is 12.7 Å². The Bertz CT molecular complexity index is 1040. The van der Waals surface area contributed by atoms with E-state index in [4.69, 9.17) is 4.74 Å². The maximum atomic E-state index is 12.2. The number of carbonyl (C=O) groups is 1. The van der Waals surface area contributed by atoms with Crippen LogP contribution in [0, 0.1) is 0 Å². The van der Waals surface area contributed by atoms with Gasteiger partial charge in [0.15, 0.2) is 0 Å². The topological polar surface area (TPSA) is 99.0 Å². The van der Waals surface area contributed by atoms with Crippen molar-refractivity contribution in [1.82, 2.24) is 19.1 Å². The van der Waals surface area contributed by atoms with Crippen molar-refractivity contribution in [3.8, 4) is 5.69 Å². The Morgan fingerprint density at radius 2 is 2.08 bits per heavy atom. The van der Waals surface area contributed by atoms with Gasteiger partial charge in [0.1, 0.15) is 5.56 Å². The summed E-state index contributed by atoms with van der Waals surface area (Å²) >= 11 is 0. The second-order valence-corrected chi connectivity index (χ2v) is 5.51. The van der Waals surface area contributed by atoms with Crippen molar-refractivity contribution < 1.29 is 9.53 Å². The first-order chi connectivity index (χ1) is 12.0. The molecule has 0 bridgehead atoms. The molecule has 0 saturated carbocycles. The van der Waals surface area contributed by atoms with Crippen LogP contribution in [0.25, 0.3) is 16.7 Å². The summed E-state index contributed by atoms with van der Waals surface area (Å²) in [6, 6.07) is 5.30. The third-order valence-corrected chi connectivity index (χ3v) is 3.82. The van der Waals surface area contributed by atoms with Gasteiger partial charge in [-0.3, -0.25) is 14.3 Å². The van der Waals surface area contributed by atoms with Crippen LogP contribution in [0.15, 0.2) is 40.3 Å². The monoisotopic (exact) mass is 342 g/mol. The van der Waals surface area contributed by atoms with Crippen molar-refractivity contribution in [2.24, 2.45) is 0 Å². The lowest BCUT2D eigenvalue weighted by molar-refractivity contribution is 0.0502. The van der Waals surface area contributed by atoms with E-state index in [-0.39, 0.29) is 12.2 Å². The zero-order valence-electron chi connectivity index (χ0n) is 14.0. The van der Waals surface area contributed by atoms with E-state index in [9.17, 15) is 14.4 Å². The summed E-state index contributed by atoms with van der Waals surface area (Å²) < 4.78 is 8.16.